The average Bonchev–Trinajstić information content (AvgIpc) is 3.71. The molecule has 322 valence electrons. The molecule has 0 saturated carbocycles. The number of phosphoric acid groups is 3. The average molecular weight is 902 g/mol. The second-order valence-corrected chi connectivity index (χ2v) is 18.3. The molecule has 4 rings (SSSR count). The molecule has 7 unspecified atom stereocenters. The number of amides is 2. The molecule has 3 aromatic rings. The van der Waals surface area contributed by atoms with Crippen molar-refractivity contribution in [3.63, 3.8) is 0 Å². The van der Waals surface area contributed by atoms with Crippen molar-refractivity contribution in [1.82, 2.24) is 30.2 Å². The van der Waals surface area contributed by atoms with Gasteiger partial charge in [0, 0.05) is 30.7 Å². The lowest BCUT2D eigenvalue weighted by atomic mass is 9.87. The van der Waals surface area contributed by atoms with E-state index in [1.807, 2.05) is 0 Å². The molecule has 1 aromatic carbocycles. The van der Waals surface area contributed by atoms with Crippen molar-refractivity contribution in [2.75, 3.05) is 44.4 Å². The van der Waals surface area contributed by atoms with Crippen molar-refractivity contribution in [3.8, 4) is 5.75 Å². The van der Waals surface area contributed by atoms with E-state index < -0.39 is 84.6 Å². The third-order valence-electron chi connectivity index (χ3n) is 7.86. The number of aromatic nitrogens is 4. The first-order valence-corrected chi connectivity index (χ1v) is 22.3. The van der Waals surface area contributed by atoms with Gasteiger partial charge in [0.25, 0.3) is 0 Å². The first kappa shape index (κ1) is 47.3. The van der Waals surface area contributed by atoms with Crippen molar-refractivity contribution >= 4 is 69.1 Å². The Hall–Kier alpha value is -3.42. The topological polar surface area (TPSA) is 373 Å². The Labute approximate surface area is 333 Å². The number of thioether (sulfide) groups is 1. The van der Waals surface area contributed by atoms with Crippen LogP contribution in [0.15, 0.2) is 43.0 Å². The fourth-order valence-electron chi connectivity index (χ4n) is 5.00. The number of ether oxygens (including phenoxy) is 2. The predicted octanol–water partition coefficient (Wildman–Crippen LogP) is -0.256. The Morgan fingerprint density at radius 1 is 1.02 bits per heavy atom. The van der Waals surface area contributed by atoms with Gasteiger partial charge in [-0.1, -0.05) is 43.8 Å². The molecule has 1 fully saturated rings. The van der Waals surface area contributed by atoms with Crippen LogP contribution in [0.3, 0.4) is 0 Å². The lowest BCUT2D eigenvalue weighted by Gasteiger charge is -2.30. The van der Waals surface area contributed by atoms with Gasteiger partial charge in [0.2, 0.25) is 16.9 Å². The fraction of sp³-hybridized carbons (Fsp3) is 0.517. The SMILES string of the molecule is CC(C)(COP(=O)(O)OP(=O)(O)OCC1OC(n2cnc3c(N)ncnc32)C(O)C1OP(=O)(O)O)C(O)C(=O)NCCC(=O)NCCSC(=O)COc1ccccc1. The summed E-state index contributed by atoms with van der Waals surface area (Å²) >= 11 is 0.964. The highest BCUT2D eigenvalue weighted by molar-refractivity contribution is 8.13. The van der Waals surface area contributed by atoms with Crippen molar-refractivity contribution < 1.29 is 85.2 Å². The molecule has 2 amide bonds. The molecule has 1 aliphatic rings. The summed E-state index contributed by atoms with van der Waals surface area (Å²) < 4.78 is 67.5. The van der Waals surface area contributed by atoms with Crippen LogP contribution in [0.2, 0.25) is 0 Å². The summed E-state index contributed by atoms with van der Waals surface area (Å²) in [6.07, 6.45) is -6.98. The van der Waals surface area contributed by atoms with Gasteiger partial charge in [-0.15, -0.1) is 0 Å². The monoisotopic (exact) mass is 901 g/mol. The first-order chi connectivity index (χ1) is 27.1. The van der Waals surface area contributed by atoms with E-state index in [0.29, 0.717) is 5.75 Å². The van der Waals surface area contributed by atoms with Crippen LogP contribution < -0.4 is 21.1 Å². The highest BCUT2D eigenvalue weighted by Crippen LogP contribution is 2.61. The minimum atomic E-state index is -5.58. The molecule has 29 heteroatoms. The van der Waals surface area contributed by atoms with Gasteiger partial charge in [0.15, 0.2) is 24.3 Å². The summed E-state index contributed by atoms with van der Waals surface area (Å²) in [6, 6.07) is 8.75. The highest BCUT2D eigenvalue weighted by Gasteiger charge is 2.50. The van der Waals surface area contributed by atoms with Crippen LogP contribution in [-0.2, 0) is 50.7 Å². The van der Waals surface area contributed by atoms with E-state index in [9.17, 15) is 57.9 Å². The van der Waals surface area contributed by atoms with Crippen LogP contribution in [0.4, 0.5) is 5.82 Å². The van der Waals surface area contributed by atoms with Crippen LogP contribution in [0.5, 0.6) is 5.75 Å². The normalized spacial score (nSPS) is 21.2. The summed E-state index contributed by atoms with van der Waals surface area (Å²) in [6.45, 7) is 0.239. The number of nitrogens with one attached hydrogen (secondary N) is 2. The molecule has 1 saturated heterocycles. The van der Waals surface area contributed by atoms with Crippen molar-refractivity contribution in [2.24, 2.45) is 5.41 Å². The van der Waals surface area contributed by atoms with Crippen LogP contribution >= 0.6 is 35.2 Å². The summed E-state index contributed by atoms with van der Waals surface area (Å²) in [4.78, 5) is 87.6. The number of imidazole rings is 1. The zero-order chi connectivity index (χ0) is 42.9. The van der Waals surface area contributed by atoms with Crippen LogP contribution in [0.25, 0.3) is 11.2 Å². The molecule has 10 N–H and O–H groups in total. The van der Waals surface area contributed by atoms with Gasteiger partial charge in [-0.25, -0.2) is 28.6 Å². The number of benzene rings is 1. The fourth-order valence-corrected chi connectivity index (χ4v) is 8.40. The van der Waals surface area contributed by atoms with Gasteiger partial charge in [-0.3, -0.25) is 32.5 Å². The van der Waals surface area contributed by atoms with Crippen LogP contribution in [0.1, 0.15) is 26.5 Å². The molecule has 0 spiro atoms. The maximum Gasteiger partial charge on any atom is 0.481 e. The van der Waals surface area contributed by atoms with E-state index >= 15 is 0 Å². The number of fused-ring (bicyclic) bond motifs is 1. The molecular formula is C29H42N7O18P3S. The second kappa shape index (κ2) is 20.2. The Morgan fingerprint density at radius 3 is 2.40 bits per heavy atom. The van der Waals surface area contributed by atoms with E-state index in [0.717, 1.165) is 29.0 Å². The number of para-hydroxylation sites is 1. The minimum absolute atomic E-state index is 0.0271. The van der Waals surface area contributed by atoms with Gasteiger partial charge < -0.3 is 55.6 Å². The van der Waals surface area contributed by atoms with E-state index in [4.69, 9.17) is 24.3 Å². The number of nitrogen functional groups attached to an aromatic ring is 1. The maximum absolute atomic E-state index is 12.7. The summed E-state index contributed by atoms with van der Waals surface area (Å²) in [5, 5.41) is 26.1. The van der Waals surface area contributed by atoms with Crippen molar-refractivity contribution in [3.05, 3.63) is 43.0 Å². The smallest absolute Gasteiger partial charge is 0.481 e. The molecule has 3 heterocycles. The van der Waals surface area contributed by atoms with E-state index in [1.54, 1.807) is 30.3 Å². The molecule has 25 nitrogen and oxygen atoms in total. The van der Waals surface area contributed by atoms with Gasteiger partial charge in [-0.05, 0) is 12.1 Å². The predicted molar refractivity (Wildman–Crippen MR) is 199 cm³/mol. The maximum atomic E-state index is 12.7. The number of aliphatic hydroxyl groups is 2. The molecule has 0 aliphatic carbocycles. The lowest BCUT2D eigenvalue weighted by molar-refractivity contribution is -0.137. The highest BCUT2D eigenvalue weighted by atomic mass is 32.2. The Morgan fingerprint density at radius 2 is 1.71 bits per heavy atom. The second-order valence-electron chi connectivity index (χ2n) is 12.9. The van der Waals surface area contributed by atoms with Crippen molar-refractivity contribution in [2.45, 2.75) is 50.9 Å². The number of aliphatic hydroxyl groups excluding tert-OH is 2. The molecule has 0 radical (unpaired) electrons. The lowest BCUT2D eigenvalue weighted by Crippen LogP contribution is -2.46. The minimum Gasteiger partial charge on any atom is -0.485 e. The number of hydrogen-bond acceptors (Lipinski definition) is 19. The largest absolute Gasteiger partial charge is 0.485 e. The number of anilines is 1. The molecular weight excluding hydrogens is 859 g/mol. The first-order valence-electron chi connectivity index (χ1n) is 16.8. The number of phosphoric ester groups is 3. The summed E-state index contributed by atoms with van der Waals surface area (Å²) in [5.74, 6) is -0.690. The Kier molecular flexibility index (Phi) is 16.5. The Bertz CT molecular complexity index is 2040. The van der Waals surface area contributed by atoms with E-state index in [-0.39, 0.29) is 54.0 Å². The van der Waals surface area contributed by atoms with Gasteiger partial charge in [-0.2, -0.15) is 4.31 Å². The molecule has 2 aromatic heterocycles. The standard InChI is InChI=1S/C29H42N7O18P3S/c1-29(2,24(40)27(41)32-9-8-19(37)31-10-11-58-20(38)13-49-17-6-4-3-5-7-17)14-51-57(47,48)54-56(45,46)50-12-18-23(53-55(42,43)44)22(39)28(52-18)36-16-35-21-25(30)33-15-34-26(21)36/h3-7,15-16,18,22-24,28,39-40H,8-14H2,1-2H3,(H,31,37)(H,32,41)(H,45,46)(H,47,48)(H2,30,33,34)(H2,42,43,44). The van der Waals surface area contributed by atoms with Gasteiger partial charge in [0.1, 0.15) is 42.0 Å². The summed E-state index contributed by atoms with van der Waals surface area (Å²) in [5.41, 5.74) is 4.24. The van der Waals surface area contributed by atoms with Crippen LogP contribution in [0, 0.1) is 5.41 Å². The van der Waals surface area contributed by atoms with Gasteiger partial charge in [0.05, 0.1) is 19.5 Å². The third kappa shape index (κ3) is 14.1. The molecule has 1 aliphatic heterocycles. The van der Waals surface area contributed by atoms with E-state index in [1.165, 1.54) is 13.8 Å². The number of carbonyl (C=O) groups is 3. The van der Waals surface area contributed by atoms with Crippen molar-refractivity contribution in [1.29, 1.82) is 0 Å². The van der Waals surface area contributed by atoms with Crippen LogP contribution in [-0.4, -0.2) is 129 Å². The number of carbonyl (C=O) groups excluding carboxylic acids is 3. The number of hydrogen-bond donors (Lipinski definition) is 9. The zero-order valence-electron chi connectivity index (χ0n) is 30.6. The third-order valence-corrected chi connectivity index (χ3v) is 11.8. The van der Waals surface area contributed by atoms with Gasteiger partial charge >= 0.3 is 23.5 Å². The summed E-state index contributed by atoms with van der Waals surface area (Å²) in [7, 11) is -16.4. The van der Waals surface area contributed by atoms with E-state index in [2.05, 4.69) is 34.4 Å². The quantitative estimate of drug-likeness (QED) is 0.0463. The Balaban J connectivity index is 1.20. The number of rotatable bonds is 22. The molecule has 7 atom stereocenters. The number of nitrogens with two attached hydrogens (primary N) is 1. The number of nitrogens with zero attached hydrogens (tertiary/aromatic N) is 4. The molecule has 0 bridgehead atoms. The molecule has 58 heavy (non-hydrogen) atoms. The zero-order valence-corrected chi connectivity index (χ0v) is 34.1.